The summed E-state index contributed by atoms with van der Waals surface area (Å²) in [6.07, 6.45) is 3.71. The molecule has 0 unspecified atom stereocenters. The maximum Gasteiger partial charge on any atom is 0.236 e. The topological polar surface area (TPSA) is 74.5 Å². The van der Waals surface area contributed by atoms with E-state index >= 15 is 0 Å². The van der Waals surface area contributed by atoms with Gasteiger partial charge in [0.1, 0.15) is 18.1 Å². The molecule has 1 amide bonds. The second kappa shape index (κ2) is 8.81. The van der Waals surface area contributed by atoms with Gasteiger partial charge in [0.25, 0.3) is 0 Å². The number of benzene rings is 2. The Morgan fingerprint density at radius 3 is 2.50 bits per heavy atom. The van der Waals surface area contributed by atoms with Crippen molar-refractivity contribution in [1.82, 2.24) is 5.32 Å². The molecule has 0 spiro atoms. The van der Waals surface area contributed by atoms with Gasteiger partial charge in [-0.05, 0) is 54.9 Å². The van der Waals surface area contributed by atoms with Gasteiger partial charge in [0.15, 0.2) is 5.11 Å². The summed E-state index contributed by atoms with van der Waals surface area (Å²) in [4.78, 5) is 13.2. The molecule has 0 saturated heterocycles. The Balaban J connectivity index is 1.47. The number of rotatable bonds is 5. The molecule has 0 aliphatic heterocycles. The Hall–Kier alpha value is -2.96. The molecule has 0 bridgehead atoms. The Bertz CT molecular complexity index is 1040. The van der Waals surface area contributed by atoms with Crippen LogP contribution in [0.25, 0.3) is 11.3 Å². The number of anilines is 1. The van der Waals surface area contributed by atoms with Crippen LogP contribution < -0.4 is 10.6 Å². The zero-order valence-corrected chi connectivity index (χ0v) is 17.4. The van der Waals surface area contributed by atoms with Gasteiger partial charge in [-0.1, -0.05) is 55.3 Å². The van der Waals surface area contributed by atoms with E-state index in [0.717, 1.165) is 42.5 Å². The predicted molar refractivity (Wildman–Crippen MR) is 121 cm³/mol. The van der Waals surface area contributed by atoms with Gasteiger partial charge in [0.2, 0.25) is 5.91 Å². The smallest absolute Gasteiger partial charge is 0.236 e. The molecular weight excluding hydrogens is 396 g/mol. The van der Waals surface area contributed by atoms with Gasteiger partial charge < -0.3 is 20.2 Å². The molecule has 0 radical (unpaired) electrons. The summed E-state index contributed by atoms with van der Waals surface area (Å²) in [6.45, 7) is -0.142. The van der Waals surface area contributed by atoms with Crippen LogP contribution in [0.2, 0.25) is 0 Å². The number of hydrogen-bond acceptors (Lipinski definition) is 4. The molecule has 30 heavy (non-hydrogen) atoms. The average Bonchev–Trinajstić information content (AvgIpc) is 3.45. The highest BCUT2D eigenvalue weighted by atomic mass is 32.1. The maximum atomic E-state index is 13.2. The van der Waals surface area contributed by atoms with E-state index in [1.54, 1.807) is 6.07 Å². The minimum atomic E-state index is -0.524. The number of aliphatic hydroxyl groups excluding tert-OH is 1. The number of amides is 1. The van der Waals surface area contributed by atoms with E-state index in [-0.39, 0.29) is 17.6 Å². The van der Waals surface area contributed by atoms with Crippen LogP contribution in [0.15, 0.2) is 71.1 Å². The van der Waals surface area contributed by atoms with Gasteiger partial charge in [-0.25, -0.2) is 0 Å². The highest BCUT2D eigenvalue weighted by Gasteiger charge is 2.42. The minimum Gasteiger partial charge on any atom is -0.459 e. The number of aliphatic hydroxyl groups is 1. The number of carbonyl (C=O) groups is 1. The van der Waals surface area contributed by atoms with E-state index in [2.05, 4.69) is 10.6 Å². The fourth-order valence-electron chi connectivity index (χ4n) is 4.14. The van der Waals surface area contributed by atoms with Gasteiger partial charge in [-0.15, -0.1) is 0 Å². The second-order valence-electron chi connectivity index (χ2n) is 7.57. The Labute approximate surface area is 181 Å². The summed E-state index contributed by atoms with van der Waals surface area (Å²) in [7, 11) is 0. The SMILES string of the molecule is O=C(NC(=S)Nc1cccc(-c2ccc(CO)o2)c1)C1(c2ccccc2)CCCC1. The third kappa shape index (κ3) is 4.15. The fraction of sp³-hybridized carbons (Fsp3) is 0.250. The van der Waals surface area contributed by atoms with Crippen LogP contribution in [0.1, 0.15) is 37.0 Å². The fourth-order valence-corrected chi connectivity index (χ4v) is 4.35. The first kappa shape index (κ1) is 20.3. The lowest BCUT2D eigenvalue weighted by Gasteiger charge is -2.28. The van der Waals surface area contributed by atoms with Crippen LogP contribution >= 0.6 is 12.2 Å². The van der Waals surface area contributed by atoms with E-state index in [0.29, 0.717) is 11.5 Å². The molecular formula is C24H24N2O3S. The summed E-state index contributed by atoms with van der Waals surface area (Å²) >= 11 is 5.43. The lowest BCUT2D eigenvalue weighted by atomic mass is 9.78. The van der Waals surface area contributed by atoms with Gasteiger partial charge in [-0.2, -0.15) is 0 Å². The van der Waals surface area contributed by atoms with Crippen molar-refractivity contribution in [3.05, 3.63) is 78.1 Å². The minimum absolute atomic E-state index is 0.0570. The van der Waals surface area contributed by atoms with E-state index in [1.165, 1.54) is 0 Å². The van der Waals surface area contributed by atoms with Crippen LogP contribution in [0.5, 0.6) is 0 Å². The number of nitrogens with one attached hydrogen (secondary N) is 2. The Morgan fingerprint density at radius 1 is 1.03 bits per heavy atom. The van der Waals surface area contributed by atoms with Gasteiger partial charge >= 0.3 is 0 Å². The van der Waals surface area contributed by atoms with Gasteiger partial charge in [-0.3, -0.25) is 4.79 Å². The molecule has 154 valence electrons. The lowest BCUT2D eigenvalue weighted by Crippen LogP contribution is -2.46. The molecule has 3 N–H and O–H groups in total. The highest BCUT2D eigenvalue weighted by molar-refractivity contribution is 7.80. The van der Waals surface area contributed by atoms with Crippen molar-refractivity contribution in [1.29, 1.82) is 0 Å². The van der Waals surface area contributed by atoms with Crippen molar-refractivity contribution in [2.75, 3.05) is 5.32 Å². The second-order valence-corrected chi connectivity index (χ2v) is 7.98. The predicted octanol–water partition coefficient (Wildman–Crippen LogP) is 4.76. The normalized spacial score (nSPS) is 15.0. The first-order chi connectivity index (χ1) is 14.6. The van der Waals surface area contributed by atoms with Crippen molar-refractivity contribution in [2.45, 2.75) is 37.7 Å². The molecule has 1 aliphatic rings. The molecule has 1 aromatic heterocycles. The van der Waals surface area contributed by atoms with Crippen LogP contribution in [0, 0.1) is 0 Å². The van der Waals surface area contributed by atoms with E-state index in [9.17, 15) is 9.90 Å². The Morgan fingerprint density at radius 2 is 1.80 bits per heavy atom. The zero-order valence-electron chi connectivity index (χ0n) is 16.6. The van der Waals surface area contributed by atoms with Crippen molar-refractivity contribution < 1.29 is 14.3 Å². The first-order valence-electron chi connectivity index (χ1n) is 10.1. The molecule has 6 heteroatoms. The molecule has 0 atom stereocenters. The van der Waals surface area contributed by atoms with Crippen LogP contribution in [-0.2, 0) is 16.8 Å². The first-order valence-corrected chi connectivity index (χ1v) is 10.5. The summed E-state index contributed by atoms with van der Waals surface area (Å²) < 4.78 is 5.59. The zero-order chi connectivity index (χ0) is 21.0. The quantitative estimate of drug-likeness (QED) is 0.519. The molecule has 2 aromatic carbocycles. The number of thiocarbonyl (C=S) groups is 1. The summed E-state index contributed by atoms with van der Waals surface area (Å²) in [5.41, 5.74) is 2.12. The summed E-state index contributed by atoms with van der Waals surface area (Å²) in [5, 5.41) is 15.5. The summed E-state index contributed by atoms with van der Waals surface area (Å²) in [5.74, 6) is 1.11. The van der Waals surface area contributed by atoms with Crippen molar-refractivity contribution in [3.8, 4) is 11.3 Å². The Kier molecular flexibility index (Phi) is 5.97. The lowest BCUT2D eigenvalue weighted by molar-refractivity contribution is -0.125. The number of furan rings is 1. The average molecular weight is 421 g/mol. The van der Waals surface area contributed by atoms with E-state index < -0.39 is 5.41 Å². The third-order valence-electron chi connectivity index (χ3n) is 5.67. The van der Waals surface area contributed by atoms with Crippen molar-refractivity contribution in [2.24, 2.45) is 0 Å². The van der Waals surface area contributed by atoms with Gasteiger partial charge in [0.05, 0.1) is 5.41 Å². The number of hydrogen-bond donors (Lipinski definition) is 3. The van der Waals surface area contributed by atoms with Crippen LogP contribution in [0.4, 0.5) is 5.69 Å². The molecule has 1 heterocycles. The molecule has 1 fully saturated rings. The standard InChI is InChI=1S/C24H24N2O3S/c27-16-20-11-12-21(29-20)17-7-6-10-19(15-17)25-23(30)26-22(28)24(13-4-5-14-24)18-8-2-1-3-9-18/h1-3,6-12,15,27H,4-5,13-14,16H2,(H2,25,26,28,30). The van der Waals surface area contributed by atoms with Crippen LogP contribution in [-0.4, -0.2) is 16.1 Å². The van der Waals surface area contributed by atoms with E-state index in [4.69, 9.17) is 16.6 Å². The highest BCUT2D eigenvalue weighted by Crippen LogP contribution is 2.41. The third-order valence-corrected chi connectivity index (χ3v) is 5.87. The summed E-state index contributed by atoms with van der Waals surface area (Å²) in [6, 6.07) is 21.1. The van der Waals surface area contributed by atoms with Crippen molar-refractivity contribution in [3.63, 3.8) is 0 Å². The molecule has 1 aliphatic carbocycles. The van der Waals surface area contributed by atoms with Crippen LogP contribution in [0.3, 0.4) is 0 Å². The molecule has 1 saturated carbocycles. The molecule has 3 aromatic rings. The van der Waals surface area contributed by atoms with Crippen molar-refractivity contribution >= 4 is 28.9 Å². The number of carbonyl (C=O) groups excluding carboxylic acids is 1. The largest absolute Gasteiger partial charge is 0.459 e. The maximum absolute atomic E-state index is 13.2. The molecule has 5 nitrogen and oxygen atoms in total. The monoisotopic (exact) mass is 420 g/mol. The van der Waals surface area contributed by atoms with Gasteiger partial charge in [0, 0.05) is 11.3 Å². The molecule has 4 rings (SSSR count). The van der Waals surface area contributed by atoms with E-state index in [1.807, 2.05) is 60.7 Å².